The summed E-state index contributed by atoms with van der Waals surface area (Å²) in [6, 6.07) is 11.5. The van der Waals surface area contributed by atoms with Gasteiger partial charge in [0.2, 0.25) is 12.1 Å². The first-order valence-corrected chi connectivity index (χ1v) is 9.30. The first kappa shape index (κ1) is 19.9. The van der Waals surface area contributed by atoms with E-state index in [0.717, 1.165) is 22.3 Å². The van der Waals surface area contributed by atoms with Crippen LogP contribution < -0.4 is 5.32 Å². The van der Waals surface area contributed by atoms with E-state index in [1.54, 1.807) is 13.8 Å². The van der Waals surface area contributed by atoms with Crippen molar-refractivity contribution >= 4 is 0 Å². The molecule has 1 saturated heterocycles. The summed E-state index contributed by atoms with van der Waals surface area (Å²) in [6.45, 7) is 7.10. The first-order valence-electron chi connectivity index (χ1n) is 9.30. The van der Waals surface area contributed by atoms with E-state index < -0.39 is 29.6 Å². The quantitative estimate of drug-likeness (QED) is 0.635. The third kappa shape index (κ3) is 3.26. The number of aryl methyl sites for hydroxylation is 2. The maximum Gasteiger partial charge on any atom is 0.243 e. The molecule has 1 aliphatic rings. The second kappa shape index (κ2) is 7.31. The van der Waals surface area contributed by atoms with Crippen molar-refractivity contribution in [3.05, 3.63) is 91.0 Å². The van der Waals surface area contributed by atoms with Crippen molar-refractivity contribution in [2.24, 2.45) is 5.41 Å². The van der Waals surface area contributed by atoms with E-state index in [9.17, 15) is 20.2 Å². The van der Waals surface area contributed by atoms with E-state index in [1.807, 2.05) is 62.4 Å². The van der Waals surface area contributed by atoms with Gasteiger partial charge in [-0.2, -0.15) is 0 Å². The monoisotopic (exact) mass is 383 g/mol. The van der Waals surface area contributed by atoms with Gasteiger partial charge in [-0.15, -0.1) is 0 Å². The minimum atomic E-state index is -1.17. The van der Waals surface area contributed by atoms with Crippen molar-refractivity contribution in [3.8, 4) is 0 Å². The van der Waals surface area contributed by atoms with Crippen LogP contribution >= 0.6 is 0 Å². The predicted octanol–water partition coefficient (Wildman–Crippen LogP) is 4.01. The van der Waals surface area contributed by atoms with Crippen LogP contribution in [-0.2, 0) is 0 Å². The van der Waals surface area contributed by atoms with Crippen molar-refractivity contribution in [2.75, 3.05) is 0 Å². The number of hydrogen-bond acceptors (Lipinski definition) is 5. The van der Waals surface area contributed by atoms with Crippen LogP contribution in [0.4, 0.5) is 0 Å². The zero-order valence-electron chi connectivity index (χ0n) is 16.5. The number of nitro groups is 2. The first-order chi connectivity index (χ1) is 13.2. The highest BCUT2D eigenvalue weighted by atomic mass is 16.6. The highest BCUT2D eigenvalue weighted by Gasteiger charge is 2.63. The molecule has 3 rings (SSSR count). The van der Waals surface area contributed by atoms with Crippen LogP contribution in [0.3, 0.4) is 0 Å². The van der Waals surface area contributed by atoms with Gasteiger partial charge in [0.05, 0.1) is 0 Å². The van der Waals surface area contributed by atoms with E-state index in [0.29, 0.717) is 0 Å². The van der Waals surface area contributed by atoms with Gasteiger partial charge >= 0.3 is 0 Å². The standard InChI is InChI=1S/C21H25N3O4/c1-13-9-5-7-11-15(13)17-19(23(25)26)21(3,4)20(24(27)28)18(22-17)16-12-8-6-10-14(16)2/h5-12,17-20,22H,1-4H3/t17-,18-,19+,20+/m0/s1. The van der Waals surface area contributed by atoms with Gasteiger partial charge in [-0.25, -0.2) is 0 Å². The number of piperidine rings is 1. The van der Waals surface area contributed by atoms with Gasteiger partial charge in [-0.05, 0) is 49.9 Å². The molecule has 4 atom stereocenters. The molecular weight excluding hydrogens is 358 g/mol. The van der Waals surface area contributed by atoms with Gasteiger partial charge in [0, 0.05) is 9.85 Å². The van der Waals surface area contributed by atoms with Gasteiger partial charge in [0.15, 0.2) is 0 Å². The SMILES string of the molecule is Cc1ccccc1[C@@H]1N[C@@H](c2ccccc2C)[C@@H]([N+](=O)[O-])C(C)(C)[C@@H]1[N+](=O)[O-]. The Bertz CT molecular complexity index is 841. The number of rotatable bonds is 4. The van der Waals surface area contributed by atoms with E-state index in [4.69, 9.17) is 0 Å². The fraction of sp³-hybridized carbons (Fsp3) is 0.429. The summed E-state index contributed by atoms with van der Waals surface area (Å²) in [6.07, 6.45) is 0. The van der Waals surface area contributed by atoms with E-state index >= 15 is 0 Å². The van der Waals surface area contributed by atoms with Crippen molar-refractivity contribution < 1.29 is 9.85 Å². The lowest BCUT2D eigenvalue weighted by Gasteiger charge is -2.45. The van der Waals surface area contributed by atoms with Gasteiger partial charge in [-0.3, -0.25) is 25.5 Å². The smallest absolute Gasteiger partial charge is 0.243 e. The summed E-state index contributed by atoms with van der Waals surface area (Å²) in [7, 11) is 0. The minimum Gasteiger partial charge on any atom is -0.291 e. The summed E-state index contributed by atoms with van der Waals surface area (Å²) in [5, 5.41) is 27.5. The van der Waals surface area contributed by atoms with Crippen LogP contribution in [0.15, 0.2) is 48.5 Å². The Balaban J connectivity index is 2.21. The molecule has 0 bridgehead atoms. The lowest BCUT2D eigenvalue weighted by atomic mass is 9.66. The molecule has 0 amide bonds. The zero-order valence-corrected chi connectivity index (χ0v) is 16.5. The highest BCUT2D eigenvalue weighted by Crippen LogP contribution is 2.47. The van der Waals surface area contributed by atoms with E-state index in [1.165, 1.54) is 0 Å². The summed E-state index contributed by atoms with van der Waals surface area (Å²) < 4.78 is 0. The molecule has 1 N–H and O–H groups in total. The summed E-state index contributed by atoms with van der Waals surface area (Å²) >= 11 is 0. The molecule has 7 nitrogen and oxygen atoms in total. The Labute approximate surface area is 164 Å². The fourth-order valence-electron chi connectivity index (χ4n) is 4.59. The normalized spacial score (nSPS) is 26.6. The van der Waals surface area contributed by atoms with Crippen molar-refractivity contribution in [1.29, 1.82) is 0 Å². The number of nitrogens with zero attached hydrogens (tertiary/aromatic N) is 2. The second-order valence-electron chi connectivity index (χ2n) is 8.12. The van der Waals surface area contributed by atoms with Crippen LogP contribution in [-0.4, -0.2) is 21.9 Å². The van der Waals surface area contributed by atoms with Gasteiger partial charge in [-0.1, -0.05) is 48.5 Å². The Morgan fingerprint density at radius 1 is 0.786 bits per heavy atom. The maximum atomic E-state index is 12.1. The highest BCUT2D eigenvalue weighted by molar-refractivity contribution is 5.35. The van der Waals surface area contributed by atoms with Crippen LogP contribution in [0, 0.1) is 39.5 Å². The predicted molar refractivity (Wildman–Crippen MR) is 106 cm³/mol. The minimum absolute atomic E-state index is 0.366. The molecule has 2 aromatic carbocycles. The largest absolute Gasteiger partial charge is 0.291 e. The molecule has 0 aliphatic carbocycles. The molecule has 1 fully saturated rings. The average Bonchev–Trinajstić information content (AvgIpc) is 2.60. The van der Waals surface area contributed by atoms with Crippen LogP contribution in [0.5, 0.6) is 0 Å². The van der Waals surface area contributed by atoms with Crippen LogP contribution in [0.2, 0.25) is 0 Å². The van der Waals surface area contributed by atoms with Crippen LogP contribution in [0.1, 0.15) is 48.2 Å². The Kier molecular flexibility index (Phi) is 5.21. The lowest BCUT2D eigenvalue weighted by molar-refractivity contribution is -0.605. The Hall–Kier alpha value is -2.80. The van der Waals surface area contributed by atoms with Crippen molar-refractivity contribution in [1.82, 2.24) is 5.32 Å². The Morgan fingerprint density at radius 3 is 1.46 bits per heavy atom. The topological polar surface area (TPSA) is 98.3 Å². The summed E-state index contributed by atoms with van der Waals surface area (Å²) in [5.74, 6) is 0. The molecule has 0 aromatic heterocycles. The number of nitrogens with one attached hydrogen (secondary N) is 1. The number of hydrogen-bond donors (Lipinski definition) is 1. The third-order valence-corrected chi connectivity index (χ3v) is 6.02. The molecule has 0 radical (unpaired) electrons. The molecule has 148 valence electrons. The molecule has 28 heavy (non-hydrogen) atoms. The molecule has 7 heteroatoms. The molecule has 1 aliphatic heterocycles. The Morgan fingerprint density at radius 2 is 1.14 bits per heavy atom. The van der Waals surface area contributed by atoms with E-state index in [-0.39, 0.29) is 9.85 Å². The van der Waals surface area contributed by atoms with E-state index in [2.05, 4.69) is 5.32 Å². The molecular formula is C21H25N3O4. The summed E-state index contributed by atoms with van der Waals surface area (Å²) in [4.78, 5) is 23.4. The molecule has 0 unspecified atom stereocenters. The molecule has 0 saturated carbocycles. The lowest BCUT2D eigenvalue weighted by Crippen LogP contribution is -2.63. The molecule has 1 heterocycles. The van der Waals surface area contributed by atoms with Gasteiger partial charge in [0.1, 0.15) is 17.5 Å². The van der Waals surface area contributed by atoms with Crippen molar-refractivity contribution in [2.45, 2.75) is 51.9 Å². The average molecular weight is 383 g/mol. The third-order valence-electron chi connectivity index (χ3n) is 6.02. The van der Waals surface area contributed by atoms with Gasteiger partial charge < -0.3 is 0 Å². The molecule has 2 aromatic rings. The van der Waals surface area contributed by atoms with Gasteiger partial charge in [0.25, 0.3) is 0 Å². The second-order valence-corrected chi connectivity index (χ2v) is 8.12. The fourth-order valence-corrected chi connectivity index (χ4v) is 4.59. The summed E-state index contributed by atoms with van der Waals surface area (Å²) in [5.41, 5.74) is 2.28. The zero-order chi connectivity index (χ0) is 20.6. The maximum absolute atomic E-state index is 12.1. The molecule has 0 spiro atoms. The van der Waals surface area contributed by atoms with Crippen LogP contribution in [0.25, 0.3) is 0 Å². The van der Waals surface area contributed by atoms with Crippen molar-refractivity contribution in [3.63, 3.8) is 0 Å². The number of benzene rings is 2.